The van der Waals surface area contributed by atoms with Gasteiger partial charge in [-0.2, -0.15) is 0 Å². The van der Waals surface area contributed by atoms with Crippen LogP contribution in [0.2, 0.25) is 0 Å². The van der Waals surface area contributed by atoms with Crippen LogP contribution >= 0.6 is 0 Å². The Morgan fingerprint density at radius 2 is 1.08 bits per heavy atom. The molecule has 5 aliphatic carbocycles. The fourth-order valence-corrected chi connectivity index (χ4v) is 6.60. The van der Waals surface area contributed by atoms with Crippen molar-refractivity contribution in [2.45, 2.75) is 25.7 Å². The lowest BCUT2D eigenvalue weighted by atomic mass is 9.50. The van der Waals surface area contributed by atoms with Crippen LogP contribution < -0.4 is 0 Å². The van der Waals surface area contributed by atoms with Crippen molar-refractivity contribution in [2.24, 2.45) is 47.3 Å². The van der Waals surface area contributed by atoms with Gasteiger partial charge in [0.1, 0.15) is 0 Å². The SMILES string of the molecule is C1CC2C3CC4C1C1CC4C3C12. The molecule has 64 valence electrons. The zero-order valence-electron chi connectivity index (χ0n) is 7.45. The van der Waals surface area contributed by atoms with E-state index in [4.69, 9.17) is 0 Å². The molecule has 12 heavy (non-hydrogen) atoms. The second-order valence-corrected chi connectivity index (χ2v) is 6.19. The van der Waals surface area contributed by atoms with Gasteiger partial charge in [0.2, 0.25) is 0 Å². The van der Waals surface area contributed by atoms with Crippen molar-refractivity contribution < 1.29 is 0 Å². The first-order chi connectivity index (χ1) is 5.95. The standard InChI is InChI=1S/C12H16/c1-2-6-9-3-7-5(1)8-4-10(7)12(9)11(6)8/h5-12H,1-4H2. The van der Waals surface area contributed by atoms with Crippen LogP contribution in [0.15, 0.2) is 0 Å². The highest BCUT2D eigenvalue weighted by molar-refractivity contribution is 5.22. The van der Waals surface area contributed by atoms with Gasteiger partial charge in [0.25, 0.3) is 0 Å². The summed E-state index contributed by atoms with van der Waals surface area (Å²) < 4.78 is 0. The molecule has 0 N–H and O–H groups in total. The molecule has 0 aromatic carbocycles. The van der Waals surface area contributed by atoms with Crippen molar-refractivity contribution in [3.05, 3.63) is 0 Å². The Bertz CT molecular complexity index is 259. The second-order valence-electron chi connectivity index (χ2n) is 6.19. The van der Waals surface area contributed by atoms with Crippen molar-refractivity contribution >= 4 is 0 Å². The van der Waals surface area contributed by atoms with Crippen LogP contribution in [0, 0.1) is 47.3 Å². The summed E-state index contributed by atoms with van der Waals surface area (Å²) in [6.07, 6.45) is 6.63. The van der Waals surface area contributed by atoms with Crippen molar-refractivity contribution in [3.8, 4) is 0 Å². The number of hydrogen-bond donors (Lipinski definition) is 0. The molecule has 5 aliphatic rings. The lowest BCUT2D eigenvalue weighted by molar-refractivity contribution is -0.0686. The largest absolute Gasteiger partial charge is 0.0496 e. The van der Waals surface area contributed by atoms with Gasteiger partial charge in [-0.15, -0.1) is 0 Å². The van der Waals surface area contributed by atoms with Crippen LogP contribution in [-0.4, -0.2) is 0 Å². The first kappa shape index (κ1) is 5.67. The Hall–Kier alpha value is 0. The summed E-state index contributed by atoms with van der Waals surface area (Å²) in [4.78, 5) is 0. The Labute approximate surface area is 73.7 Å². The Kier molecular flexibility index (Phi) is 0.663. The topological polar surface area (TPSA) is 0 Å². The van der Waals surface area contributed by atoms with Gasteiger partial charge in [0, 0.05) is 0 Å². The van der Waals surface area contributed by atoms with Crippen LogP contribution in [0.3, 0.4) is 0 Å². The Morgan fingerprint density at radius 3 is 2.08 bits per heavy atom. The van der Waals surface area contributed by atoms with E-state index in [0.717, 1.165) is 0 Å². The van der Waals surface area contributed by atoms with Crippen LogP contribution in [0.1, 0.15) is 25.7 Å². The van der Waals surface area contributed by atoms with E-state index in [1.165, 1.54) is 47.3 Å². The molecule has 5 rings (SSSR count). The first-order valence-corrected chi connectivity index (χ1v) is 5.95. The summed E-state index contributed by atoms with van der Waals surface area (Å²) in [6, 6.07) is 0. The zero-order chi connectivity index (χ0) is 7.45. The van der Waals surface area contributed by atoms with Gasteiger partial charge in [0.15, 0.2) is 0 Å². The summed E-state index contributed by atoms with van der Waals surface area (Å²) in [5.41, 5.74) is 0. The minimum Gasteiger partial charge on any atom is -0.0496 e. The minimum absolute atomic E-state index is 1.24. The molecule has 0 aromatic heterocycles. The van der Waals surface area contributed by atoms with E-state index in [1.54, 1.807) is 25.7 Å². The van der Waals surface area contributed by atoms with Gasteiger partial charge in [-0.1, -0.05) is 0 Å². The molecular formula is C12H16. The number of hydrogen-bond acceptors (Lipinski definition) is 0. The number of rotatable bonds is 0. The summed E-state index contributed by atoms with van der Waals surface area (Å²) in [5.74, 6) is 10.0. The third kappa shape index (κ3) is 0.337. The van der Waals surface area contributed by atoms with Crippen molar-refractivity contribution in [1.82, 2.24) is 0 Å². The Morgan fingerprint density at radius 1 is 0.500 bits per heavy atom. The van der Waals surface area contributed by atoms with Gasteiger partial charge >= 0.3 is 0 Å². The lowest BCUT2D eigenvalue weighted by Crippen LogP contribution is -2.49. The van der Waals surface area contributed by atoms with Crippen LogP contribution in [0.5, 0.6) is 0 Å². The molecule has 0 aromatic rings. The highest BCUT2D eigenvalue weighted by Crippen LogP contribution is 2.80. The van der Waals surface area contributed by atoms with Crippen molar-refractivity contribution in [2.75, 3.05) is 0 Å². The average Bonchev–Trinajstić information content (AvgIpc) is 2.51. The van der Waals surface area contributed by atoms with E-state index < -0.39 is 0 Å². The maximum absolute atomic E-state index is 1.68. The lowest BCUT2D eigenvalue weighted by Gasteiger charge is -2.54. The molecule has 0 heterocycles. The molecule has 0 radical (unpaired) electrons. The van der Waals surface area contributed by atoms with Crippen LogP contribution in [0.4, 0.5) is 0 Å². The van der Waals surface area contributed by atoms with E-state index in [2.05, 4.69) is 0 Å². The van der Waals surface area contributed by atoms with Gasteiger partial charge in [-0.3, -0.25) is 0 Å². The van der Waals surface area contributed by atoms with Crippen LogP contribution in [-0.2, 0) is 0 Å². The molecule has 8 unspecified atom stereocenters. The fraction of sp³-hybridized carbons (Fsp3) is 1.00. The molecule has 2 bridgehead atoms. The molecule has 0 spiro atoms. The van der Waals surface area contributed by atoms with E-state index in [1.807, 2.05) is 0 Å². The van der Waals surface area contributed by atoms with E-state index in [-0.39, 0.29) is 0 Å². The van der Waals surface area contributed by atoms with E-state index >= 15 is 0 Å². The molecular weight excluding hydrogens is 144 g/mol. The molecule has 0 saturated heterocycles. The monoisotopic (exact) mass is 160 g/mol. The maximum Gasteiger partial charge on any atom is -0.0318 e. The molecule has 5 fully saturated rings. The summed E-state index contributed by atoms with van der Waals surface area (Å²) >= 11 is 0. The van der Waals surface area contributed by atoms with E-state index in [9.17, 15) is 0 Å². The quantitative estimate of drug-likeness (QED) is 0.511. The van der Waals surface area contributed by atoms with E-state index in [0.29, 0.717) is 0 Å². The predicted molar refractivity (Wildman–Crippen MR) is 46.4 cm³/mol. The third-order valence-corrected chi connectivity index (χ3v) is 6.54. The average molecular weight is 160 g/mol. The molecule has 0 aliphatic heterocycles. The van der Waals surface area contributed by atoms with Gasteiger partial charge in [-0.05, 0) is 73.0 Å². The van der Waals surface area contributed by atoms with Gasteiger partial charge in [0.05, 0.1) is 0 Å². The Balaban J connectivity index is 1.82. The number of fused-ring (bicyclic) bond motifs is 2. The first-order valence-electron chi connectivity index (χ1n) is 5.95. The molecule has 0 nitrogen and oxygen atoms in total. The maximum atomic E-state index is 1.68. The molecule has 0 heteroatoms. The normalized spacial score (nSPS) is 80.0. The summed E-state index contributed by atoms with van der Waals surface area (Å²) in [6.45, 7) is 0. The molecule has 8 atom stereocenters. The zero-order valence-corrected chi connectivity index (χ0v) is 7.45. The highest BCUT2D eigenvalue weighted by Gasteiger charge is 2.74. The summed E-state index contributed by atoms with van der Waals surface area (Å²) in [5, 5.41) is 0. The van der Waals surface area contributed by atoms with Gasteiger partial charge in [-0.25, -0.2) is 0 Å². The van der Waals surface area contributed by atoms with Crippen LogP contribution in [0.25, 0.3) is 0 Å². The smallest absolute Gasteiger partial charge is 0.0318 e. The highest BCUT2D eigenvalue weighted by atomic mass is 14.8. The third-order valence-electron chi connectivity index (χ3n) is 6.54. The van der Waals surface area contributed by atoms with Crippen molar-refractivity contribution in [1.29, 1.82) is 0 Å². The predicted octanol–water partition coefficient (Wildman–Crippen LogP) is 2.54. The van der Waals surface area contributed by atoms with Crippen molar-refractivity contribution in [3.63, 3.8) is 0 Å². The summed E-state index contributed by atoms with van der Waals surface area (Å²) in [7, 11) is 0. The molecule has 5 saturated carbocycles. The van der Waals surface area contributed by atoms with Gasteiger partial charge < -0.3 is 0 Å². The minimum atomic E-state index is 1.24. The fourth-order valence-electron chi connectivity index (χ4n) is 6.60. The second kappa shape index (κ2) is 1.40. The molecule has 0 amide bonds.